The summed E-state index contributed by atoms with van der Waals surface area (Å²) in [5, 5.41) is 9.77. The standard InChI is InChI=1S/C15H15ClO2/c16-14-6-4-12(5-7-14)8-9-18-15-3-1-2-13(10-15)11-17/h1-7,10,17H,8-9,11H2. The molecule has 2 aromatic carbocycles. The molecule has 0 aliphatic heterocycles. The number of benzene rings is 2. The summed E-state index contributed by atoms with van der Waals surface area (Å²) in [6, 6.07) is 15.2. The van der Waals surface area contributed by atoms with Gasteiger partial charge in [0.2, 0.25) is 0 Å². The normalized spacial score (nSPS) is 10.3. The summed E-state index contributed by atoms with van der Waals surface area (Å²) >= 11 is 5.82. The fourth-order valence-corrected chi connectivity index (χ4v) is 1.80. The molecule has 0 saturated heterocycles. The maximum Gasteiger partial charge on any atom is 0.119 e. The van der Waals surface area contributed by atoms with Crippen molar-refractivity contribution in [1.82, 2.24) is 0 Å². The molecule has 2 rings (SSSR count). The van der Waals surface area contributed by atoms with Crippen LogP contribution in [0.1, 0.15) is 11.1 Å². The lowest BCUT2D eigenvalue weighted by atomic mass is 10.2. The maximum atomic E-state index is 9.02. The van der Waals surface area contributed by atoms with Crippen molar-refractivity contribution in [2.45, 2.75) is 13.0 Å². The highest BCUT2D eigenvalue weighted by atomic mass is 35.5. The van der Waals surface area contributed by atoms with Gasteiger partial charge in [-0.15, -0.1) is 0 Å². The highest BCUT2D eigenvalue weighted by Crippen LogP contribution is 2.14. The summed E-state index contributed by atoms with van der Waals surface area (Å²) in [5.74, 6) is 0.788. The SMILES string of the molecule is OCc1cccc(OCCc2ccc(Cl)cc2)c1. The van der Waals surface area contributed by atoms with Crippen molar-refractivity contribution in [2.24, 2.45) is 0 Å². The molecule has 0 fully saturated rings. The maximum absolute atomic E-state index is 9.02. The monoisotopic (exact) mass is 262 g/mol. The van der Waals surface area contributed by atoms with Crippen LogP contribution in [-0.2, 0) is 13.0 Å². The van der Waals surface area contributed by atoms with Crippen molar-refractivity contribution in [3.8, 4) is 5.75 Å². The van der Waals surface area contributed by atoms with Crippen LogP contribution < -0.4 is 4.74 Å². The molecule has 0 radical (unpaired) electrons. The van der Waals surface area contributed by atoms with E-state index in [1.165, 1.54) is 5.56 Å². The van der Waals surface area contributed by atoms with E-state index < -0.39 is 0 Å². The zero-order chi connectivity index (χ0) is 12.8. The lowest BCUT2D eigenvalue weighted by Crippen LogP contribution is -2.01. The van der Waals surface area contributed by atoms with Crippen LogP contribution in [0.3, 0.4) is 0 Å². The number of hydrogen-bond acceptors (Lipinski definition) is 2. The first-order valence-electron chi connectivity index (χ1n) is 5.85. The Hall–Kier alpha value is -1.51. The fourth-order valence-electron chi connectivity index (χ4n) is 1.67. The molecule has 0 aliphatic rings. The van der Waals surface area contributed by atoms with Crippen molar-refractivity contribution < 1.29 is 9.84 Å². The van der Waals surface area contributed by atoms with Crippen molar-refractivity contribution in [1.29, 1.82) is 0 Å². The van der Waals surface area contributed by atoms with Crippen LogP contribution in [0.25, 0.3) is 0 Å². The summed E-state index contributed by atoms with van der Waals surface area (Å²) in [5.41, 5.74) is 2.05. The van der Waals surface area contributed by atoms with E-state index in [2.05, 4.69) is 0 Å². The second kappa shape index (κ2) is 6.43. The van der Waals surface area contributed by atoms with Gasteiger partial charge in [0.05, 0.1) is 13.2 Å². The molecular formula is C15H15ClO2. The summed E-state index contributed by atoms with van der Waals surface area (Å²) in [6.45, 7) is 0.644. The Morgan fingerprint density at radius 3 is 2.50 bits per heavy atom. The first-order chi connectivity index (χ1) is 8.78. The van der Waals surface area contributed by atoms with Gasteiger partial charge in [-0.3, -0.25) is 0 Å². The minimum Gasteiger partial charge on any atom is -0.493 e. The largest absolute Gasteiger partial charge is 0.493 e. The Bertz CT molecular complexity index is 494. The predicted octanol–water partition coefficient (Wildman–Crippen LogP) is 3.45. The average Bonchev–Trinajstić information content (AvgIpc) is 2.41. The van der Waals surface area contributed by atoms with E-state index in [1.54, 1.807) is 0 Å². The Morgan fingerprint density at radius 2 is 1.78 bits per heavy atom. The Morgan fingerprint density at radius 1 is 1.00 bits per heavy atom. The molecule has 2 nitrogen and oxygen atoms in total. The van der Waals surface area contributed by atoms with Gasteiger partial charge in [-0.2, -0.15) is 0 Å². The summed E-state index contributed by atoms with van der Waals surface area (Å²) in [7, 11) is 0. The highest BCUT2D eigenvalue weighted by molar-refractivity contribution is 6.30. The van der Waals surface area contributed by atoms with Crippen molar-refractivity contribution >= 4 is 11.6 Å². The second-order valence-corrected chi connectivity index (χ2v) is 4.47. The van der Waals surface area contributed by atoms with Crippen LogP contribution in [0.2, 0.25) is 5.02 Å². The molecule has 0 unspecified atom stereocenters. The third-order valence-electron chi connectivity index (χ3n) is 2.65. The van der Waals surface area contributed by atoms with Gasteiger partial charge in [0.1, 0.15) is 5.75 Å². The second-order valence-electron chi connectivity index (χ2n) is 4.03. The molecule has 0 saturated carbocycles. The van der Waals surface area contributed by atoms with Gasteiger partial charge in [0, 0.05) is 11.4 Å². The topological polar surface area (TPSA) is 29.5 Å². The van der Waals surface area contributed by atoms with Crippen LogP contribution in [0.4, 0.5) is 0 Å². The van der Waals surface area contributed by atoms with Gasteiger partial charge in [0.25, 0.3) is 0 Å². The van der Waals surface area contributed by atoms with Crippen molar-refractivity contribution in [3.05, 3.63) is 64.7 Å². The van der Waals surface area contributed by atoms with Crippen molar-refractivity contribution in [3.63, 3.8) is 0 Å². The van der Waals surface area contributed by atoms with E-state index in [-0.39, 0.29) is 6.61 Å². The van der Waals surface area contributed by atoms with Gasteiger partial charge in [-0.1, -0.05) is 35.9 Å². The van der Waals surface area contributed by atoms with Crippen LogP contribution in [0.15, 0.2) is 48.5 Å². The molecule has 0 aromatic heterocycles. The summed E-state index contributed by atoms with van der Waals surface area (Å²) in [6.07, 6.45) is 0.834. The van der Waals surface area contributed by atoms with Crippen LogP contribution in [-0.4, -0.2) is 11.7 Å². The number of rotatable bonds is 5. The minimum absolute atomic E-state index is 0.0361. The molecule has 0 aliphatic carbocycles. The molecule has 0 heterocycles. The van der Waals surface area contributed by atoms with E-state index in [0.717, 1.165) is 22.8 Å². The first-order valence-corrected chi connectivity index (χ1v) is 6.23. The molecule has 0 bridgehead atoms. The zero-order valence-corrected chi connectivity index (χ0v) is 10.7. The highest BCUT2D eigenvalue weighted by Gasteiger charge is 1.97. The van der Waals surface area contributed by atoms with Gasteiger partial charge < -0.3 is 9.84 Å². The Kier molecular flexibility index (Phi) is 4.62. The van der Waals surface area contributed by atoms with Gasteiger partial charge in [-0.25, -0.2) is 0 Å². The molecule has 3 heteroatoms. The molecule has 2 aromatic rings. The first kappa shape index (κ1) is 12.9. The lowest BCUT2D eigenvalue weighted by Gasteiger charge is -2.07. The van der Waals surface area contributed by atoms with E-state index in [4.69, 9.17) is 21.4 Å². The lowest BCUT2D eigenvalue weighted by molar-refractivity contribution is 0.279. The van der Waals surface area contributed by atoms with Gasteiger partial charge in [0.15, 0.2) is 0 Å². The number of halogens is 1. The van der Waals surface area contributed by atoms with E-state index >= 15 is 0 Å². The predicted molar refractivity (Wildman–Crippen MR) is 73.0 cm³/mol. The number of aliphatic hydroxyl groups is 1. The van der Waals surface area contributed by atoms with Gasteiger partial charge in [-0.05, 0) is 35.4 Å². The Labute approximate surface area is 112 Å². The minimum atomic E-state index is 0.0361. The third-order valence-corrected chi connectivity index (χ3v) is 2.91. The van der Waals surface area contributed by atoms with E-state index in [9.17, 15) is 0 Å². The molecule has 0 amide bonds. The Balaban J connectivity index is 1.86. The number of aliphatic hydroxyl groups excluding tert-OH is 1. The van der Waals surface area contributed by atoms with Crippen LogP contribution >= 0.6 is 11.6 Å². The smallest absolute Gasteiger partial charge is 0.119 e. The van der Waals surface area contributed by atoms with E-state index in [0.29, 0.717) is 6.61 Å². The summed E-state index contributed by atoms with van der Waals surface area (Å²) in [4.78, 5) is 0. The zero-order valence-electron chi connectivity index (χ0n) is 9.97. The van der Waals surface area contributed by atoms with Gasteiger partial charge >= 0.3 is 0 Å². The summed E-state index contributed by atoms with van der Waals surface area (Å²) < 4.78 is 5.64. The molecule has 0 spiro atoms. The average molecular weight is 263 g/mol. The number of hydrogen-bond donors (Lipinski definition) is 1. The molecule has 18 heavy (non-hydrogen) atoms. The van der Waals surface area contributed by atoms with Crippen molar-refractivity contribution in [2.75, 3.05) is 6.61 Å². The quantitative estimate of drug-likeness (QED) is 0.894. The van der Waals surface area contributed by atoms with Crippen LogP contribution in [0.5, 0.6) is 5.75 Å². The fraction of sp³-hybridized carbons (Fsp3) is 0.200. The molecular weight excluding hydrogens is 248 g/mol. The van der Waals surface area contributed by atoms with Crippen LogP contribution in [0, 0.1) is 0 Å². The van der Waals surface area contributed by atoms with E-state index in [1.807, 2.05) is 48.5 Å². The number of ether oxygens (including phenoxy) is 1. The molecule has 0 atom stereocenters. The molecule has 94 valence electrons. The third kappa shape index (κ3) is 3.76. The molecule has 1 N–H and O–H groups in total.